The highest BCUT2D eigenvalue weighted by Crippen LogP contribution is 2.33. The zero-order valence-electron chi connectivity index (χ0n) is 16.5. The highest BCUT2D eigenvalue weighted by atomic mass is 32.2. The lowest BCUT2D eigenvalue weighted by atomic mass is 9.95. The predicted octanol–water partition coefficient (Wildman–Crippen LogP) is 2.52. The third kappa shape index (κ3) is 4.42. The normalized spacial score (nSPS) is 13.3. The number of aromatic nitrogens is 6. The van der Waals surface area contributed by atoms with Gasteiger partial charge < -0.3 is 10.9 Å². The summed E-state index contributed by atoms with van der Waals surface area (Å²) in [6.07, 6.45) is 2.71. The van der Waals surface area contributed by atoms with E-state index in [4.69, 9.17) is 5.84 Å². The number of hydrogen-bond donors (Lipinski definition) is 2. The van der Waals surface area contributed by atoms with E-state index in [2.05, 4.69) is 20.3 Å². The number of nitrogen functional groups attached to an aromatic ring is 1. The first-order chi connectivity index (χ1) is 14.9. The molecule has 2 aromatic heterocycles. The van der Waals surface area contributed by atoms with Crippen LogP contribution in [0.25, 0.3) is 11.4 Å². The molecule has 0 aliphatic heterocycles. The van der Waals surface area contributed by atoms with E-state index in [1.807, 2.05) is 31.2 Å². The number of rotatable bonds is 7. The van der Waals surface area contributed by atoms with E-state index in [1.165, 1.54) is 28.1 Å². The molecule has 0 saturated carbocycles. The molecule has 0 radical (unpaired) electrons. The Morgan fingerprint density at radius 2 is 1.90 bits per heavy atom. The Labute approximate surface area is 180 Å². The lowest BCUT2D eigenvalue weighted by molar-refractivity contribution is 0.0360. The van der Waals surface area contributed by atoms with Crippen LogP contribution in [-0.2, 0) is 12.1 Å². The van der Waals surface area contributed by atoms with E-state index in [-0.39, 0.29) is 17.9 Å². The van der Waals surface area contributed by atoms with Gasteiger partial charge in [-0.15, -0.1) is 10.2 Å². The molecule has 160 valence electrons. The van der Waals surface area contributed by atoms with Crippen LogP contribution in [0.4, 0.5) is 8.78 Å². The van der Waals surface area contributed by atoms with Crippen molar-refractivity contribution in [3.05, 3.63) is 77.9 Å². The Kier molecular flexibility index (Phi) is 5.70. The number of benzene rings is 2. The van der Waals surface area contributed by atoms with Crippen LogP contribution in [0.2, 0.25) is 0 Å². The van der Waals surface area contributed by atoms with Gasteiger partial charge in [-0.3, -0.25) is 0 Å². The fourth-order valence-electron chi connectivity index (χ4n) is 3.12. The number of hydrogen-bond acceptors (Lipinski definition) is 7. The maximum absolute atomic E-state index is 14.5. The monoisotopic (exact) mass is 443 g/mol. The second-order valence-electron chi connectivity index (χ2n) is 7.08. The molecule has 0 bridgehead atoms. The summed E-state index contributed by atoms with van der Waals surface area (Å²) in [5, 5.41) is 23.9. The highest BCUT2D eigenvalue weighted by Gasteiger charge is 2.34. The molecule has 2 aromatic carbocycles. The van der Waals surface area contributed by atoms with Gasteiger partial charge in [-0.05, 0) is 13.0 Å². The second kappa shape index (κ2) is 8.44. The summed E-state index contributed by atoms with van der Waals surface area (Å²) in [4.78, 5) is 3.85. The van der Waals surface area contributed by atoms with Gasteiger partial charge in [0.25, 0.3) is 0 Å². The fourth-order valence-corrected chi connectivity index (χ4v) is 4.06. The zero-order valence-corrected chi connectivity index (χ0v) is 17.3. The van der Waals surface area contributed by atoms with Crippen LogP contribution >= 0.6 is 11.8 Å². The van der Waals surface area contributed by atoms with Crippen LogP contribution in [0, 0.1) is 18.6 Å². The minimum atomic E-state index is -1.74. The minimum Gasteiger partial charge on any atom is -0.382 e. The Hall–Kier alpha value is -3.31. The second-order valence-corrected chi connectivity index (χ2v) is 8.02. The Morgan fingerprint density at radius 1 is 1.13 bits per heavy atom. The molecule has 1 atom stereocenters. The molecule has 2 heterocycles. The summed E-state index contributed by atoms with van der Waals surface area (Å²) in [6.45, 7) is 1.87. The highest BCUT2D eigenvalue weighted by molar-refractivity contribution is 7.99. The van der Waals surface area contributed by atoms with Crippen LogP contribution in [0.3, 0.4) is 0 Å². The summed E-state index contributed by atoms with van der Waals surface area (Å²) >= 11 is 1.09. The van der Waals surface area contributed by atoms with Gasteiger partial charge in [-0.1, -0.05) is 47.7 Å². The number of nitrogens with zero attached hydrogens (tertiary/aromatic N) is 6. The standard InChI is InChI=1S/C20H19F2N7OS/c1-13-2-4-14(5-3-13)18-26-27-19(29(18)23)31-10-20(30,9-28-12-24-11-25-28)16-7-6-15(21)8-17(16)22/h2-8,11-12,30H,9-10,23H2,1H3. The van der Waals surface area contributed by atoms with E-state index < -0.39 is 17.2 Å². The topological polar surface area (TPSA) is 108 Å². The first-order valence-corrected chi connectivity index (χ1v) is 10.2. The van der Waals surface area contributed by atoms with Crippen molar-refractivity contribution >= 4 is 11.8 Å². The van der Waals surface area contributed by atoms with E-state index in [0.717, 1.165) is 35.0 Å². The first kappa shape index (κ1) is 20.9. The Bertz CT molecular complexity index is 1180. The number of nitrogens with two attached hydrogens (primary N) is 1. The molecule has 4 aromatic rings. The third-order valence-corrected chi connectivity index (χ3v) is 5.90. The first-order valence-electron chi connectivity index (χ1n) is 9.26. The van der Waals surface area contributed by atoms with Crippen molar-refractivity contribution in [2.75, 3.05) is 11.6 Å². The van der Waals surface area contributed by atoms with E-state index in [0.29, 0.717) is 11.0 Å². The van der Waals surface area contributed by atoms with Crippen LogP contribution in [-0.4, -0.2) is 40.5 Å². The fraction of sp³-hybridized carbons (Fsp3) is 0.200. The molecule has 8 nitrogen and oxygen atoms in total. The molecule has 4 rings (SSSR count). The van der Waals surface area contributed by atoms with Crippen LogP contribution in [0.1, 0.15) is 11.1 Å². The van der Waals surface area contributed by atoms with Gasteiger partial charge >= 0.3 is 0 Å². The van der Waals surface area contributed by atoms with Crippen molar-refractivity contribution in [3.8, 4) is 11.4 Å². The summed E-state index contributed by atoms with van der Waals surface area (Å²) in [7, 11) is 0. The molecule has 0 aliphatic rings. The van der Waals surface area contributed by atoms with Crippen LogP contribution in [0.15, 0.2) is 60.3 Å². The summed E-state index contributed by atoms with van der Waals surface area (Å²) in [5.74, 6) is 4.98. The Morgan fingerprint density at radius 3 is 2.58 bits per heavy atom. The lowest BCUT2D eigenvalue weighted by Crippen LogP contribution is -2.35. The van der Waals surface area contributed by atoms with E-state index in [1.54, 1.807) is 0 Å². The van der Waals surface area contributed by atoms with Gasteiger partial charge in [0.05, 0.1) is 6.54 Å². The average Bonchev–Trinajstić information content (AvgIpc) is 3.36. The van der Waals surface area contributed by atoms with Crippen molar-refractivity contribution in [1.82, 2.24) is 29.6 Å². The summed E-state index contributed by atoms with van der Waals surface area (Å²) in [5.41, 5.74) is 0.0705. The quantitative estimate of drug-likeness (QED) is 0.334. The van der Waals surface area contributed by atoms with Crippen molar-refractivity contribution < 1.29 is 13.9 Å². The number of aryl methyl sites for hydroxylation is 1. The van der Waals surface area contributed by atoms with Gasteiger partial charge in [-0.25, -0.2) is 23.1 Å². The molecule has 11 heteroatoms. The summed E-state index contributed by atoms with van der Waals surface area (Å²) in [6, 6.07) is 10.7. The predicted molar refractivity (Wildman–Crippen MR) is 111 cm³/mol. The molecule has 0 spiro atoms. The molecule has 1 unspecified atom stereocenters. The molecule has 0 fully saturated rings. The Balaban J connectivity index is 1.61. The SMILES string of the molecule is Cc1ccc(-c2nnc(SCC(O)(Cn3cncn3)c3ccc(F)cc3F)n2N)cc1. The van der Waals surface area contributed by atoms with Crippen molar-refractivity contribution in [3.63, 3.8) is 0 Å². The van der Waals surface area contributed by atoms with E-state index >= 15 is 0 Å². The van der Waals surface area contributed by atoms with Gasteiger partial charge in [-0.2, -0.15) is 5.10 Å². The molecule has 0 aliphatic carbocycles. The van der Waals surface area contributed by atoms with Gasteiger partial charge in [0.15, 0.2) is 5.82 Å². The summed E-state index contributed by atoms with van der Waals surface area (Å²) < 4.78 is 30.6. The van der Waals surface area contributed by atoms with Crippen molar-refractivity contribution in [1.29, 1.82) is 0 Å². The number of halogens is 2. The van der Waals surface area contributed by atoms with Gasteiger partial charge in [0.2, 0.25) is 5.16 Å². The molecule has 0 saturated heterocycles. The average molecular weight is 443 g/mol. The third-order valence-electron chi connectivity index (χ3n) is 4.74. The lowest BCUT2D eigenvalue weighted by Gasteiger charge is -2.28. The van der Waals surface area contributed by atoms with Crippen LogP contribution in [0.5, 0.6) is 0 Å². The molecule has 3 N–H and O–H groups in total. The van der Waals surface area contributed by atoms with Crippen molar-refractivity contribution in [2.24, 2.45) is 0 Å². The van der Waals surface area contributed by atoms with Gasteiger partial charge in [0.1, 0.15) is 29.9 Å². The smallest absolute Gasteiger partial charge is 0.210 e. The molecular formula is C20H19F2N7OS. The van der Waals surface area contributed by atoms with Crippen LogP contribution < -0.4 is 5.84 Å². The maximum Gasteiger partial charge on any atom is 0.210 e. The number of thioether (sulfide) groups is 1. The largest absolute Gasteiger partial charge is 0.382 e. The minimum absolute atomic E-state index is 0.0430. The maximum atomic E-state index is 14.5. The molecule has 31 heavy (non-hydrogen) atoms. The number of aliphatic hydroxyl groups is 1. The van der Waals surface area contributed by atoms with Gasteiger partial charge in [0, 0.05) is 22.9 Å². The molecular weight excluding hydrogens is 424 g/mol. The van der Waals surface area contributed by atoms with E-state index in [9.17, 15) is 13.9 Å². The van der Waals surface area contributed by atoms with Crippen molar-refractivity contribution in [2.45, 2.75) is 24.2 Å². The molecule has 0 amide bonds. The zero-order chi connectivity index (χ0) is 22.0.